The van der Waals surface area contributed by atoms with Crippen molar-refractivity contribution in [1.82, 2.24) is 66.8 Å². The smallest absolute Gasteiger partial charge is 0.417 e. The first kappa shape index (κ1) is 105. The van der Waals surface area contributed by atoms with Crippen molar-refractivity contribution in [3.05, 3.63) is 164 Å². The van der Waals surface area contributed by atoms with Gasteiger partial charge in [0.15, 0.2) is 29.1 Å². The average Bonchev–Trinajstić information content (AvgIpc) is 1.62. The van der Waals surface area contributed by atoms with Gasteiger partial charge in [0.05, 0.1) is 23.8 Å². The molecule has 8 amide bonds. The molecule has 19 N–H and O–H groups in total. The minimum atomic E-state index is -3.21. The number of ether oxygens (including phenoxy) is 8. The number of rotatable bonds is 27. The van der Waals surface area contributed by atoms with Crippen LogP contribution in [0, 0.1) is 0 Å². The highest BCUT2D eigenvalue weighted by molar-refractivity contribution is 7.64. The Bertz CT molecular complexity index is 5840. The standard InChI is InChI=1S/C100H122Cl2N13O28P/c1-6-7-8-9-10-11-12-13-21-73(120)106-82-85(123)87(125)90(98(134)135-5)142-99(82)141-89-70-44-55-45-71(89)138-66-31-26-54(42-62(66)101)83(121)81-97(133)110-79(92(128)104-32-20-33-112(3)4)60-46-56(117)47-68(139-100-88(126)86(124)84(122)72(50-116)140-100)74(60)59-41-52(24-29-64(59)118)77(94(130)111-81)107-95(131)78(55)108-96(132)80-61-48-58(49-69(75(61)102)143-144(113-34-14-15-35-113,114-36-16-17-37-114)115-38-18-19-39-115)137-67-43-53(25-30-65(67)119)76(103-2)93(129)105-63(91(127)109-80)40-51-22-27-57(136-70)28-23-51/h22-31,41-49,63,72,76-88,90,99-100,103,116,121-126H,6-21,32-40,50H2,1-5H3,(H10-,104,105,106,107,108,109,110,111,117,118,119,120,127,128,129,130,131,132,133)/p+1/t63-,72-,76-,77-,78-,79-,80+,81+,82-,83-,84-,85-,86+,87+,88+,90+,99-,100+/m1/s1. The normalized spacial score (nSPS) is 26.4. The van der Waals surface area contributed by atoms with Gasteiger partial charge in [0, 0.05) is 87.5 Å². The SMILES string of the molecule is CCCCCCCCCCC(=O)N[C@H]1[C@H](Oc2c3cc4cc2Oc2ccc(cc2Cl)[C@@H](O)[C@@H]2NC(=O)[C@H](NC(=O)[C@@H]4NC(=O)[C@H]4NC(=O)[C@@H](Cc5ccc(cc5)O3)NC(=O)[C@H](NC)c3ccc(O)c(c3)Oc3cc(O[P+](N5CCCC5)(N5CCCC5)N5CCCC5)c(Cl)c4c3)c3ccc(O)c(c3)-c3c(O[C@H]4O[C@H](CO)[C@@H](O)[C@H](O)[C@@H]4O)cc(O)cc3[C@H](C(=O)NCCCN(C)C)NC2=O)O[C@H](C(=O)OC)[C@@H](O)[C@@H]1O. The van der Waals surface area contributed by atoms with Crippen molar-refractivity contribution >= 4 is 84.4 Å². The van der Waals surface area contributed by atoms with Gasteiger partial charge in [-0.05, 0) is 185 Å². The highest BCUT2D eigenvalue weighted by Gasteiger charge is 2.63. The number of methoxy groups -OCH3 is 1. The van der Waals surface area contributed by atoms with Crippen LogP contribution >= 0.6 is 31.1 Å². The summed E-state index contributed by atoms with van der Waals surface area (Å²) in [5.41, 5.74) is -2.15. The second-order valence-corrected chi connectivity index (χ2v) is 41.3. The number of halogens is 2. The summed E-state index contributed by atoms with van der Waals surface area (Å²) in [5, 5.41) is 143. The lowest BCUT2D eigenvalue weighted by molar-refractivity contribution is -0.277. The topological polar surface area (TPSA) is 560 Å². The molecule has 18 rings (SSSR count). The number of nitrogens with zero attached hydrogens (tertiary/aromatic N) is 4. The van der Waals surface area contributed by atoms with Crippen LogP contribution in [0.4, 0.5) is 0 Å². The van der Waals surface area contributed by atoms with E-state index in [1.165, 1.54) is 73.8 Å². The molecule has 0 unspecified atom stereocenters. The number of amides is 8. The molecule has 7 aromatic carbocycles. The van der Waals surface area contributed by atoms with Crippen LogP contribution in [-0.2, 0) is 63.8 Å². The molecule has 17 bridgehead atoms. The van der Waals surface area contributed by atoms with Crippen LogP contribution in [0.25, 0.3) is 11.1 Å². The number of aliphatic hydroxyl groups is 7. The highest BCUT2D eigenvalue weighted by atomic mass is 35.5. The summed E-state index contributed by atoms with van der Waals surface area (Å²) in [7, 11) is 2.83. The number of hydrogen-bond acceptors (Lipinski definition) is 33. The van der Waals surface area contributed by atoms with E-state index in [2.05, 4.69) is 68.8 Å². The number of unbranched alkanes of at least 4 members (excludes halogenated alkanes) is 7. The predicted octanol–water partition coefficient (Wildman–Crippen LogP) is 6.65. The third kappa shape index (κ3) is 23.0. The van der Waals surface area contributed by atoms with Crippen molar-refractivity contribution < 1.29 is 137 Å². The highest BCUT2D eigenvalue weighted by Crippen LogP contribution is 2.71. The lowest BCUT2D eigenvalue weighted by Crippen LogP contribution is -2.66. The number of aliphatic hydroxyl groups excluding tert-OH is 7. The number of phenolic OH excluding ortho intramolecular Hbond substituents is 3. The average molecular weight is 2060 g/mol. The molecule has 5 saturated heterocycles. The Hall–Kier alpha value is -11.6. The minimum absolute atomic E-state index is 0.0704. The van der Waals surface area contributed by atoms with E-state index >= 15 is 33.6 Å². The number of fused-ring (bicyclic) bond motifs is 14. The van der Waals surface area contributed by atoms with Gasteiger partial charge in [-0.2, -0.15) is 0 Å². The van der Waals surface area contributed by atoms with Gasteiger partial charge in [0.1, 0.15) is 126 Å². The van der Waals surface area contributed by atoms with E-state index < -0.39 is 245 Å². The Kier molecular flexibility index (Phi) is 33.9. The van der Waals surface area contributed by atoms with Crippen LogP contribution in [0.2, 0.25) is 10.0 Å². The first-order chi connectivity index (χ1) is 69.2. The first-order valence-corrected chi connectivity index (χ1v) is 51.0. The van der Waals surface area contributed by atoms with Gasteiger partial charge in [-0.3, -0.25) is 42.9 Å². The molecule has 44 heteroatoms. The van der Waals surface area contributed by atoms with Crippen LogP contribution in [0.5, 0.6) is 69.0 Å². The maximum absolute atomic E-state index is 17.4. The summed E-state index contributed by atoms with van der Waals surface area (Å²) in [5.74, 6) is -15.5. The summed E-state index contributed by atoms with van der Waals surface area (Å²) in [4.78, 5) is 145. The lowest BCUT2D eigenvalue weighted by Gasteiger charge is -2.41. The number of carbonyl (C=O) groups is 9. The van der Waals surface area contributed by atoms with Crippen LogP contribution in [0.1, 0.15) is 185 Å². The molecular weight excluding hydrogens is 1930 g/mol. The minimum Gasteiger partial charge on any atom is -0.508 e. The van der Waals surface area contributed by atoms with E-state index in [4.69, 9.17) is 65.6 Å². The van der Waals surface area contributed by atoms with Crippen molar-refractivity contribution in [2.75, 3.05) is 87.2 Å². The molecule has 41 nitrogen and oxygen atoms in total. The fourth-order valence-electron chi connectivity index (χ4n) is 19.7. The quantitative estimate of drug-likeness (QED) is 0.0145. The molecule has 0 aromatic heterocycles. The molecule has 144 heavy (non-hydrogen) atoms. The zero-order valence-corrected chi connectivity index (χ0v) is 82.5. The van der Waals surface area contributed by atoms with Gasteiger partial charge in [-0.1, -0.05) is 105 Å². The van der Waals surface area contributed by atoms with Crippen molar-refractivity contribution in [2.24, 2.45) is 0 Å². The van der Waals surface area contributed by atoms with E-state index in [0.29, 0.717) is 70.6 Å². The van der Waals surface area contributed by atoms with Gasteiger partial charge in [-0.25, -0.2) is 4.79 Å². The van der Waals surface area contributed by atoms with Gasteiger partial charge in [0.2, 0.25) is 71.3 Å². The number of carbonyl (C=O) groups excluding carboxylic acids is 9. The number of likely N-dealkylation sites (N-methyl/N-ethyl adjacent to an activating group) is 1. The van der Waals surface area contributed by atoms with Crippen LogP contribution < -0.4 is 76.1 Å². The molecule has 18 atom stereocenters. The monoisotopic (exact) mass is 2050 g/mol. The Labute approximate surface area is 840 Å². The molecule has 7 aromatic rings. The molecule has 11 aliphatic heterocycles. The number of aromatic hydroxyl groups is 3. The largest absolute Gasteiger partial charge is 0.508 e. The summed E-state index contributed by atoms with van der Waals surface area (Å²) in [6.07, 6.45) is -9.04. The van der Waals surface area contributed by atoms with Crippen molar-refractivity contribution in [2.45, 2.75) is 226 Å². The van der Waals surface area contributed by atoms with Crippen molar-refractivity contribution in [1.29, 1.82) is 0 Å². The molecule has 0 spiro atoms. The maximum Gasteiger partial charge on any atom is 0.417 e. The number of hydrogen-bond donors (Lipinski definition) is 19. The van der Waals surface area contributed by atoms with Gasteiger partial charge in [0.25, 0.3) is 0 Å². The number of benzene rings is 7. The molecule has 11 heterocycles. The Balaban J connectivity index is 0.936. The fraction of sp³-hybridized carbons (Fsp3) is 0.490. The Morgan fingerprint density at radius 2 is 1.15 bits per heavy atom. The zero-order chi connectivity index (χ0) is 102. The molecule has 11 aliphatic rings. The molecule has 0 saturated carbocycles. The van der Waals surface area contributed by atoms with Crippen LogP contribution in [0.3, 0.4) is 0 Å². The lowest BCUT2D eigenvalue weighted by atomic mass is 9.89. The summed E-state index contributed by atoms with van der Waals surface area (Å²) < 4.78 is 66.1. The fourth-order valence-corrected chi connectivity index (χ4v) is 24.5. The van der Waals surface area contributed by atoms with Crippen molar-refractivity contribution in [3.8, 4) is 80.1 Å². The van der Waals surface area contributed by atoms with E-state index in [1.807, 2.05) is 4.90 Å². The van der Waals surface area contributed by atoms with E-state index in [9.17, 15) is 60.7 Å². The predicted molar refractivity (Wildman–Crippen MR) is 520 cm³/mol. The van der Waals surface area contributed by atoms with E-state index in [0.717, 1.165) is 133 Å². The van der Waals surface area contributed by atoms with E-state index in [-0.39, 0.29) is 75.4 Å². The summed E-state index contributed by atoms with van der Waals surface area (Å²) in [6.45, 7) is 5.19. The molecule has 0 radical (unpaired) electrons. The summed E-state index contributed by atoms with van der Waals surface area (Å²) in [6, 6.07) is 7.80. The molecular formula is C100H123Cl2N13O28P+. The van der Waals surface area contributed by atoms with Crippen LogP contribution in [0.15, 0.2) is 115 Å². The third-order valence-electron chi connectivity index (χ3n) is 27.3. The van der Waals surface area contributed by atoms with Crippen molar-refractivity contribution in [3.63, 3.8) is 0 Å². The Morgan fingerprint density at radius 3 is 1.81 bits per heavy atom. The number of phenols is 3. The number of esters is 1. The second-order valence-electron chi connectivity index (χ2n) is 37.6. The van der Waals surface area contributed by atoms with E-state index in [1.54, 1.807) is 14.1 Å². The van der Waals surface area contributed by atoms with Gasteiger partial charge < -0.3 is 142 Å². The maximum atomic E-state index is 17.4. The molecule has 5 fully saturated rings. The number of nitrogens with one attached hydrogen (secondary N) is 9. The van der Waals surface area contributed by atoms with Gasteiger partial charge >= 0.3 is 13.9 Å². The van der Waals surface area contributed by atoms with Gasteiger partial charge in [-0.15, -0.1) is 14.0 Å². The molecule has 0 aliphatic carbocycles. The zero-order valence-electron chi connectivity index (χ0n) is 80.1. The second kappa shape index (κ2) is 46.4. The first-order valence-electron chi connectivity index (χ1n) is 48.7. The Morgan fingerprint density at radius 1 is 0.542 bits per heavy atom. The summed E-state index contributed by atoms with van der Waals surface area (Å²) >= 11 is 15.5. The van der Waals surface area contributed by atoms with Crippen LogP contribution in [-0.4, -0.2) is 284 Å². The third-order valence-corrected chi connectivity index (χ3v) is 31.9. The molecule has 774 valence electrons.